The highest BCUT2D eigenvalue weighted by atomic mass is 16.5. The molecule has 148 valence electrons. The standard InChI is InChI=1S/C23H28N2O3/c1-17-9-7-12-21(15-17)28-18(2)22(26)24-20-11-8-10-19(16-20)23(27)25-13-5-3-4-6-14-25/h7-12,15-16,18H,3-6,13-14H2,1-2H3,(H,24,26). The number of ether oxygens (including phenoxy) is 1. The first-order valence-corrected chi connectivity index (χ1v) is 9.96. The summed E-state index contributed by atoms with van der Waals surface area (Å²) in [6.07, 6.45) is 3.82. The summed E-state index contributed by atoms with van der Waals surface area (Å²) in [7, 11) is 0. The molecule has 1 aliphatic heterocycles. The average molecular weight is 380 g/mol. The van der Waals surface area contributed by atoms with Gasteiger partial charge in [0.2, 0.25) is 0 Å². The molecule has 0 saturated carbocycles. The van der Waals surface area contributed by atoms with E-state index < -0.39 is 6.10 Å². The predicted octanol–water partition coefficient (Wildman–Crippen LogP) is 4.42. The van der Waals surface area contributed by atoms with Crippen LogP contribution in [-0.4, -0.2) is 35.9 Å². The predicted molar refractivity (Wildman–Crippen MR) is 111 cm³/mol. The minimum Gasteiger partial charge on any atom is -0.481 e. The number of carbonyl (C=O) groups excluding carboxylic acids is 2. The van der Waals surface area contributed by atoms with Crippen LogP contribution >= 0.6 is 0 Å². The molecule has 0 bridgehead atoms. The molecule has 5 heteroatoms. The van der Waals surface area contributed by atoms with Crippen LogP contribution in [0, 0.1) is 6.92 Å². The SMILES string of the molecule is Cc1cccc(OC(C)C(=O)Nc2cccc(C(=O)N3CCCCCC3)c2)c1. The lowest BCUT2D eigenvalue weighted by atomic mass is 10.1. The Morgan fingerprint density at radius 2 is 1.71 bits per heavy atom. The van der Waals surface area contributed by atoms with E-state index in [0.717, 1.165) is 31.5 Å². The van der Waals surface area contributed by atoms with Gasteiger partial charge in [-0.2, -0.15) is 0 Å². The number of hydrogen-bond acceptors (Lipinski definition) is 3. The highest BCUT2D eigenvalue weighted by molar-refractivity contribution is 5.98. The van der Waals surface area contributed by atoms with Gasteiger partial charge in [-0.15, -0.1) is 0 Å². The van der Waals surface area contributed by atoms with Crippen LogP contribution in [0.3, 0.4) is 0 Å². The van der Waals surface area contributed by atoms with Crippen molar-refractivity contribution in [1.29, 1.82) is 0 Å². The van der Waals surface area contributed by atoms with Gasteiger partial charge in [-0.25, -0.2) is 0 Å². The summed E-state index contributed by atoms with van der Waals surface area (Å²) < 4.78 is 5.73. The number of nitrogens with zero attached hydrogens (tertiary/aromatic N) is 1. The molecule has 1 unspecified atom stereocenters. The second-order valence-corrected chi connectivity index (χ2v) is 7.35. The Balaban J connectivity index is 1.63. The van der Waals surface area contributed by atoms with Crippen molar-refractivity contribution in [3.8, 4) is 5.75 Å². The van der Waals surface area contributed by atoms with Gasteiger partial charge in [0.1, 0.15) is 5.75 Å². The van der Waals surface area contributed by atoms with Gasteiger partial charge < -0.3 is 15.0 Å². The molecule has 1 N–H and O–H groups in total. The van der Waals surface area contributed by atoms with Crippen LogP contribution in [0.25, 0.3) is 0 Å². The number of aryl methyl sites for hydroxylation is 1. The summed E-state index contributed by atoms with van der Waals surface area (Å²) in [4.78, 5) is 27.2. The molecule has 1 atom stereocenters. The molecule has 28 heavy (non-hydrogen) atoms. The van der Waals surface area contributed by atoms with Crippen molar-refractivity contribution < 1.29 is 14.3 Å². The maximum atomic E-state index is 12.8. The molecule has 0 radical (unpaired) electrons. The minimum atomic E-state index is -0.647. The number of benzene rings is 2. The van der Waals surface area contributed by atoms with E-state index in [0.29, 0.717) is 17.0 Å². The second-order valence-electron chi connectivity index (χ2n) is 7.35. The van der Waals surface area contributed by atoms with E-state index in [1.54, 1.807) is 31.2 Å². The lowest BCUT2D eigenvalue weighted by molar-refractivity contribution is -0.122. The van der Waals surface area contributed by atoms with Crippen molar-refractivity contribution >= 4 is 17.5 Å². The monoisotopic (exact) mass is 380 g/mol. The third-order valence-corrected chi connectivity index (χ3v) is 4.94. The van der Waals surface area contributed by atoms with Crippen LogP contribution < -0.4 is 10.1 Å². The quantitative estimate of drug-likeness (QED) is 0.835. The first-order chi connectivity index (χ1) is 13.5. The summed E-state index contributed by atoms with van der Waals surface area (Å²) in [6, 6.07) is 14.7. The first-order valence-electron chi connectivity index (χ1n) is 9.96. The number of nitrogens with one attached hydrogen (secondary N) is 1. The Morgan fingerprint density at radius 3 is 2.43 bits per heavy atom. The van der Waals surface area contributed by atoms with E-state index in [9.17, 15) is 9.59 Å². The highest BCUT2D eigenvalue weighted by Gasteiger charge is 2.19. The van der Waals surface area contributed by atoms with E-state index in [-0.39, 0.29) is 11.8 Å². The summed E-state index contributed by atoms with van der Waals surface area (Å²) in [5.74, 6) is 0.440. The maximum absolute atomic E-state index is 12.8. The molecule has 3 rings (SSSR count). The molecule has 1 saturated heterocycles. The zero-order valence-corrected chi connectivity index (χ0v) is 16.6. The number of carbonyl (C=O) groups is 2. The van der Waals surface area contributed by atoms with E-state index in [4.69, 9.17) is 4.74 Å². The number of likely N-dealkylation sites (tertiary alicyclic amines) is 1. The summed E-state index contributed by atoms with van der Waals surface area (Å²) >= 11 is 0. The van der Waals surface area contributed by atoms with Gasteiger partial charge >= 0.3 is 0 Å². The Kier molecular flexibility index (Phi) is 6.69. The fourth-order valence-corrected chi connectivity index (χ4v) is 3.38. The normalized spacial score (nSPS) is 15.4. The molecular weight excluding hydrogens is 352 g/mol. The van der Waals surface area contributed by atoms with Crippen LogP contribution in [0.2, 0.25) is 0 Å². The molecular formula is C23H28N2O3. The van der Waals surface area contributed by atoms with Crippen LogP contribution in [0.4, 0.5) is 5.69 Å². The van der Waals surface area contributed by atoms with Crippen molar-refractivity contribution in [3.63, 3.8) is 0 Å². The molecule has 1 fully saturated rings. The molecule has 0 spiro atoms. The Bertz CT molecular complexity index is 826. The number of hydrogen-bond donors (Lipinski definition) is 1. The Morgan fingerprint density at radius 1 is 1.00 bits per heavy atom. The molecule has 2 aromatic rings. The highest BCUT2D eigenvalue weighted by Crippen LogP contribution is 2.18. The summed E-state index contributed by atoms with van der Waals surface area (Å²) in [5, 5.41) is 2.85. The smallest absolute Gasteiger partial charge is 0.265 e. The topological polar surface area (TPSA) is 58.6 Å². The van der Waals surface area contributed by atoms with Crippen molar-refractivity contribution in [3.05, 3.63) is 59.7 Å². The average Bonchev–Trinajstić information content (AvgIpc) is 2.97. The minimum absolute atomic E-state index is 0.0297. The van der Waals surface area contributed by atoms with Crippen molar-refractivity contribution in [1.82, 2.24) is 4.90 Å². The van der Waals surface area contributed by atoms with Crippen LogP contribution in [0.15, 0.2) is 48.5 Å². The van der Waals surface area contributed by atoms with Gasteiger partial charge in [-0.3, -0.25) is 9.59 Å². The van der Waals surface area contributed by atoms with Crippen LogP contribution in [-0.2, 0) is 4.79 Å². The van der Waals surface area contributed by atoms with Gasteiger partial charge in [-0.1, -0.05) is 31.0 Å². The van der Waals surface area contributed by atoms with Crippen molar-refractivity contribution in [2.45, 2.75) is 45.6 Å². The fraction of sp³-hybridized carbons (Fsp3) is 0.391. The molecule has 2 amide bonds. The molecule has 0 aliphatic carbocycles. The van der Waals surface area contributed by atoms with Crippen LogP contribution in [0.1, 0.15) is 48.5 Å². The third-order valence-electron chi connectivity index (χ3n) is 4.94. The van der Waals surface area contributed by atoms with Gasteiger partial charge in [0.15, 0.2) is 6.10 Å². The Labute approximate surface area is 166 Å². The summed E-state index contributed by atoms with van der Waals surface area (Å²) in [6.45, 7) is 5.29. The fourth-order valence-electron chi connectivity index (χ4n) is 3.38. The number of rotatable bonds is 5. The lowest BCUT2D eigenvalue weighted by Gasteiger charge is -2.21. The first kappa shape index (κ1) is 19.9. The van der Waals surface area contributed by atoms with Gasteiger partial charge in [0.05, 0.1) is 0 Å². The van der Waals surface area contributed by atoms with Crippen molar-refractivity contribution in [2.24, 2.45) is 0 Å². The van der Waals surface area contributed by atoms with Crippen LogP contribution in [0.5, 0.6) is 5.75 Å². The number of amides is 2. The lowest BCUT2D eigenvalue weighted by Crippen LogP contribution is -2.32. The molecule has 1 heterocycles. The van der Waals surface area contributed by atoms with Gasteiger partial charge in [0.25, 0.3) is 11.8 Å². The molecule has 1 aliphatic rings. The molecule has 0 aromatic heterocycles. The summed E-state index contributed by atoms with van der Waals surface area (Å²) in [5.41, 5.74) is 2.28. The zero-order valence-electron chi connectivity index (χ0n) is 16.6. The molecule has 2 aromatic carbocycles. The van der Waals surface area contributed by atoms with Gasteiger partial charge in [0, 0.05) is 24.3 Å². The largest absolute Gasteiger partial charge is 0.481 e. The second kappa shape index (κ2) is 9.40. The maximum Gasteiger partial charge on any atom is 0.265 e. The van der Waals surface area contributed by atoms with E-state index >= 15 is 0 Å². The Hall–Kier alpha value is -2.82. The molecule has 5 nitrogen and oxygen atoms in total. The third kappa shape index (κ3) is 5.35. The van der Waals surface area contributed by atoms with E-state index in [1.165, 1.54) is 12.8 Å². The van der Waals surface area contributed by atoms with Crippen molar-refractivity contribution in [2.75, 3.05) is 18.4 Å². The zero-order chi connectivity index (χ0) is 19.9. The van der Waals surface area contributed by atoms with E-state index in [2.05, 4.69) is 5.32 Å². The van der Waals surface area contributed by atoms with Gasteiger partial charge in [-0.05, 0) is 62.6 Å². The van der Waals surface area contributed by atoms with E-state index in [1.807, 2.05) is 36.1 Å². The number of anilines is 1.